The van der Waals surface area contributed by atoms with Crippen LogP contribution in [0.1, 0.15) is 0 Å². The van der Waals surface area contributed by atoms with Gasteiger partial charge in [0.25, 0.3) is 0 Å². The molecule has 1 nitrogen and oxygen atoms in total. The first kappa shape index (κ1) is 16.2. The fraction of sp³-hybridized carbons (Fsp3) is 0.111. The zero-order valence-electron chi connectivity index (χ0n) is 11.6. The van der Waals surface area contributed by atoms with Crippen molar-refractivity contribution < 1.29 is 12.4 Å². The topological polar surface area (TPSA) is 0 Å². The Kier molecular flexibility index (Phi) is 6.23. The number of hydrogen-bond donors (Lipinski definition) is 0. The number of nitrogens with zero attached hydrogens (tertiary/aromatic N) is 1. The Morgan fingerprint density at radius 3 is 1.35 bits per heavy atom. The molecule has 0 fully saturated rings. The van der Waals surface area contributed by atoms with Crippen molar-refractivity contribution in [3.05, 3.63) is 86.0 Å². The van der Waals surface area contributed by atoms with Crippen molar-refractivity contribution in [2.45, 2.75) is 0 Å². The molecule has 0 heterocycles. The van der Waals surface area contributed by atoms with E-state index in [-0.39, 0.29) is 12.4 Å². The first-order valence-electron chi connectivity index (χ1n) is 6.53. The van der Waals surface area contributed by atoms with E-state index in [0.717, 1.165) is 17.6 Å². The summed E-state index contributed by atoms with van der Waals surface area (Å²) < 4.78 is 0.731. The minimum absolute atomic E-state index is 0. The van der Waals surface area contributed by atoms with Gasteiger partial charge in [-0.2, -0.15) is 0 Å². The lowest BCUT2D eigenvalue weighted by Gasteiger charge is -2.36. The molecule has 2 aromatic rings. The predicted octanol–water partition coefficient (Wildman–Crippen LogP) is 1.70. The van der Waals surface area contributed by atoms with Gasteiger partial charge >= 0.3 is 0 Å². The van der Waals surface area contributed by atoms with Crippen LogP contribution in [0.5, 0.6) is 0 Å². The summed E-state index contributed by atoms with van der Waals surface area (Å²) in [5.41, 5.74) is 2.52. The molecule has 0 amide bonds. The van der Waals surface area contributed by atoms with Crippen LogP contribution in [0.25, 0.3) is 0 Å². The lowest BCUT2D eigenvalue weighted by Crippen LogP contribution is -3.00. The summed E-state index contributed by atoms with van der Waals surface area (Å²) in [5.74, 6) is 0. The van der Waals surface area contributed by atoms with Crippen LogP contribution in [-0.2, 0) is 0 Å². The van der Waals surface area contributed by atoms with Gasteiger partial charge in [-0.3, -0.25) is 4.48 Å². The molecule has 0 bridgehead atoms. The first-order chi connectivity index (χ1) is 9.33. The lowest BCUT2D eigenvalue weighted by atomic mass is 10.1. The number of rotatable bonds is 6. The van der Waals surface area contributed by atoms with E-state index < -0.39 is 0 Å². The molecule has 0 saturated carbocycles. The minimum Gasteiger partial charge on any atom is -1.00 e. The molecule has 2 heteroatoms. The van der Waals surface area contributed by atoms with Crippen molar-refractivity contribution in [2.24, 2.45) is 0 Å². The van der Waals surface area contributed by atoms with Crippen molar-refractivity contribution in [2.75, 3.05) is 13.1 Å². The van der Waals surface area contributed by atoms with Gasteiger partial charge in [0.1, 0.15) is 24.5 Å². The highest BCUT2D eigenvalue weighted by Crippen LogP contribution is 2.34. The Balaban J connectivity index is 0.00000200. The maximum Gasteiger partial charge on any atom is 0.138 e. The van der Waals surface area contributed by atoms with Crippen LogP contribution in [0.3, 0.4) is 0 Å². The van der Waals surface area contributed by atoms with Crippen LogP contribution in [0, 0.1) is 0 Å². The van der Waals surface area contributed by atoms with Gasteiger partial charge < -0.3 is 12.4 Å². The maximum atomic E-state index is 3.93. The molecule has 20 heavy (non-hydrogen) atoms. The number of halogens is 1. The Hall–Kier alpha value is -1.83. The van der Waals surface area contributed by atoms with Crippen LogP contribution in [0.4, 0.5) is 11.4 Å². The summed E-state index contributed by atoms with van der Waals surface area (Å²) in [6, 6.07) is 21.1. The highest BCUT2D eigenvalue weighted by atomic mass is 35.5. The van der Waals surface area contributed by atoms with Gasteiger partial charge in [-0.1, -0.05) is 49.6 Å². The van der Waals surface area contributed by atoms with E-state index in [0.29, 0.717) is 0 Å². The number of hydrogen-bond acceptors (Lipinski definition) is 0. The number of para-hydroxylation sites is 2. The van der Waals surface area contributed by atoms with E-state index in [1.54, 1.807) is 0 Å². The molecule has 0 spiro atoms. The fourth-order valence-electron chi connectivity index (χ4n) is 2.51. The summed E-state index contributed by atoms with van der Waals surface area (Å²) in [6.07, 6.45) is 3.95. The molecule has 0 radical (unpaired) electrons. The Labute approximate surface area is 127 Å². The predicted molar refractivity (Wildman–Crippen MR) is 84.5 cm³/mol. The molecule has 0 saturated heterocycles. The monoisotopic (exact) mass is 285 g/mol. The van der Waals surface area contributed by atoms with Crippen molar-refractivity contribution >= 4 is 11.4 Å². The zero-order valence-corrected chi connectivity index (χ0v) is 12.3. The Morgan fingerprint density at radius 1 is 0.700 bits per heavy atom. The SMILES string of the molecule is C=CC[N+](CC=C)(c1ccccc1)c1ccccc1.[Cl-]. The molecular formula is C18H20ClN. The third kappa shape index (κ3) is 3.19. The third-order valence-corrected chi connectivity index (χ3v) is 3.38. The lowest BCUT2D eigenvalue weighted by molar-refractivity contribution is -0.00000378. The van der Waals surface area contributed by atoms with E-state index in [4.69, 9.17) is 0 Å². The summed E-state index contributed by atoms with van der Waals surface area (Å²) in [5, 5.41) is 0. The minimum atomic E-state index is 0. The van der Waals surface area contributed by atoms with Crippen LogP contribution >= 0.6 is 0 Å². The van der Waals surface area contributed by atoms with Crippen molar-refractivity contribution in [1.29, 1.82) is 0 Å². The first-order valence-corrected chi connectivity index (χ1v) is 6.53. The Morgan fingerprint density at radius 2 is 1.05 bits per heavy atom. The van der Waals surface area contributed by atoms with Crippen molar-refractivity contribution in [3.8, 4) is 0 Å². The van der Waals surface area contributed by atoms with Gasteiger partial charge in [-0.15, -0.1) is 0 Å². The summed E-state index contributed by atoms with van der Waals surface area (Å²) >= 11 is 0. The summed E-state index contributed by atoms with van der Waals surface area (Å²) in [4.78, 5) is 0. The summed E-state index contributed by atoms with van der Waals surface area (Å²) in [6.45, 7) is 9.55. The van der Waals surface area contributed by atoms with E-state index in [1.165, 1.54) is 11.4 Å². The van der Waals surface area contributed by atoms with Crippen LogP contribution < -0.4 is 16.9 Å². The summed E-state index contributed by atoms with van der Waals surface area (Å²) in [7, 11) is 0. The van der Waals surface area contributed by atoms with Gasteiger partial charge in [-0.25, -0.2) is 0 Å². The molecule has 0 aliphatic rings. The Bertz CT molecular complexity index is 482. The molecule has 0 aliphatic heterocycles. The number of benzene rings is 2. The largest absolute Gasteiger partial charge is 1.00 e. The highest BCUT2D eigenvalue weighted by Gasteiger charge is 2.30. The quantitative estimate of drug-likeness (QED) is 0.560. The van der Waals surface area contributed by atoms with Gasteiger partial charge in [0.2, 0.25) is 0 Å². The molecular weight excluding hydrogens is 266 g/mol. The molecule has 2 rings (SSSR count). The van der Waals surface area contributed by atoms with E-state index in [2.05, 4.69) is 61.7 Å². The van der Waals surface area contributed by atoms with Crippen molar-refractivity contribution in [1.82, 2.24) is 4.48 Å². The van der Waals surface area contributed by atoms with Crippen LogP contribution in [0.15, 0.2) is 86.0 Å². The molecule has 0 aromatic heterocycles. The fourth-order valence-corrected chi connectivity index (χ4v) is 2.51. The second kappa shape index (κ2) is 7.68. The zero-order chi connectivity index (χ0) is 13.6. The molecule has 0 aliphatic carbocycles. The highest BCUT2D eigenvalue weighted by molar-refractivity contribution is 5.59. The molecule has 0 N–H and O–H groups in total. The second-order valence-corrected chi connectivity index (χ2v) is 4.58. The second-order valence-electron chi connectivity index (χ2n) is 4.58. The molecule has 0 unspecified atom stereocenters. The van der Waals surface area contributed by atoms with E-state index in [1.807, 2.05) is 24.3 Å². The molecule has 0 atom stereocenters. The van der Waals surface area contributed by atoms with Gasteiger partial charge in [0.05, 0.1) is 0 Å². The van der Waals surface area contributed by atoms with Crippen LogP contribution in [0.2, 0.25) is 0 Å². The van der Waals surface area contributed by atoms with Gasteiger partial charge in [0.15, 0.2) is 0 Å². The van der Waals surface area contributed by atoms with Crippen LogP contribution in [-0.4, -0.2) is 13.1 Å². The van der Waals surface area contributed by atoms with Gasteiger partial charge in [-0.05, 0) is 36.4 Å². The average Bonchev–Trinajstić information content (AvgIpc) is 2.49. The third-order valence-electron chi connectivity index (χ3n) is 3.38. The normalized spacial score (nSPS) is 10.4. The van der Waals surface area contributed by atoms with E-state index in [9.17, 15) is 0 Å². The number of quaternary nitrogens is 1. The smallest absolute Gasteiger partial charge is 0.138 e. The van der Waals surface area contributed by atoms with E-state index >= 15 is 0 Å². The standard InChI is InChI=1S/C18H20N.ClH/c1-3-15-19(16-4-2,17-11-7-5-8-12-17)18-13-9-6-10-14-18;/h3-14H,1-2,15-16H2;1H/q+1;/p-1. The molecule has 104 valence electrons. The maximum absolute atomic E-state index is 3.93. The van der Waals surface area contributed by atoms with Gasteiger partial charge in [0, 0.05) is 0 Å². The molecule has 2 aromatic carbocycles. The average molecular weight is 286 g/mol. The van der Waals surface area contributed by atoms with Crippen molar-refractivity contribution in [3.63, 3.8) is 0 Å².